The smallest absolute Gasteiger partial charge is 0.249 e. The van der Waals surface area contributed by atoms with Gasteiger partial charge in [0.2, 0.25) is 11.8 Å². The van der Waals surface area contributed by atoms with Gasteiger partial charge in [-0.15, -0.1) is 5.10 Å². The van der Waals surface area contributed by atoms with Crippen molar-refractivity contribution in [2.24, 2.45) is 0 Å². The minimum atomic E-state index is -1.13. The average molecular weight is 534 g/mol. The third-order valence-electron chi connectivity index (χ3n) is 6.85. The van der Waals surface area contributed by atoms with Crippen molar-refractivity contribution in [1.29, 1.82) is 0 Å². The fourth-order valence-electron chi connectivity index (χ4n) is 4.93. The number of phenols is 2. The first-order chi connectivity index (χ1) is 18.4. The monoisotopic (exact) mass is 533 g/mol. The largest absolute Gasteiger partial charge is 0.504 e. The Labute approximate surface area is 224 Å². The Morgan fingerprint density at radius 1 is 1.00 bits per heavy atom. The van der Waals surface area contributed by atoms with Crippen molar-refractivity contribution in [3.05, 3.63) is 77.3 Å². The number of para-hydroxylation sites is 1. The maximum atomic E-state index is 14.0. The molecule has 1 aliphatic carbocycles. The number of hydrogen-bond acceptors (Lipinski definition) is 6. The summed E-state index contributed by atoms with van der Waals surface area (Å²) in [5.74, 6) is -1.50. The molecule has 0 radical (unpaired) electrons. The predicted molar refractivity (Wildman–Crippen MR) is 144 cm³/mol. The van der Waals surface area contributed by atoms with E-state index in [-0.39, 0.29) is 30.0 Å². The fraction of sp³-hybridized carbons (Fsp3) is 0.286. The van der Waals surface area contributed by atoms with Crippen LogP contribution >= 0.6 is 11.6 Å². The van der Waals surface area contributed by atoms with Gasteiger partial charge in [-0.3, -0.25) is 14.5 Å². The van der Waals surface area contributed by atoms with E-state index in [2.05, 4.69) is 15.6 Å². The molecule has 3 aromatic carbocycles. The molecule has 196 valence electrons. The molecule has 4 aromatic rings. The summed E-state index contributed by atoms with van der Waals surface area (Å²) in [6, 6.07) is 16.9. The number of benzene rings is 3. The third kappa shape index (κ3) is 5.43. The van der Waals surface area contributed by atoms with Gasteiger partial charge in [0.15, 0.2) is 11.5 Å². The number of aromatic hydroxyl groups is 2. The van der Waals surface area contributed by atoms with Gasteiger partial charge in [-0.2, -0.15) is 0 Å². The summed E-state index contributed by atoms with van der Waals surface area (Å²) < 4.78 is 1.49. The summed E-state index contributed by atoms with van der Waals surface area (Å²) in [6.07, 6.45) is 4.89. The summed E-state index contributed by atoms with van der Waals surface area (Å²) in [6.45, 7) is -0.180. The van der Waals surface area contributed by atoms with Crippen LogP contribution < -0.4 is 10.2 Å². The van der Waals surface area contributed by atoms with Gasteiger partial charge in [0.05, 0.1) is 5.52 Å². The number of amides is 2. The molecule has 1 heterocycles. The van der Waals surface area contributed by atoms with Crippen molar-refractivity contribution < 1.29 is 19.8 Å². The van der Waals surface area contributed by atoms with Gasteiger partial charge >= 0.3 is 0 Å². The Morgan fingerprint density at radius 2 is 1.74 bits per heavy atom. The number of rotatable bonds is 7. The molecule has 0 spiro atoms. The second-order valence-electron chi connectivity index (χ2n) is 9.47. The average Bonchev–Trinajstić information content (AvgIpc) is 3.32. The molecule has 10 heteroatoms. The lowest BCUT2D eigenvalue weighted by molar-refractivity contribution is -0.127. The van der Waals surface area contributed by atoms with E-state index in [4.69, 9.17) is 11.6 Å². The second-order valence-corrected chi connectivity index (χ2v) is 9.91. The van der Waals surface area contributed by atoms with Crippen LogP contribution in [0.3, 0.4) is 0 Å². The summed E-state index contributed by atoms with van der Waals surface area (Å²) in [5.41, 5.74) is 2.12. The Kier molecular flexibility index (Phi) is 7.46. The number of fused-ring (bicyclic) bond motifs is 1. The number of halogens is 1. The first-order valence-electron chi connectivity index (χ1n) is 12.6. The highest BCUT2D eigenvalue weighted by molar-refractivity contribution is 6.30. The van der Waals surface area contributed by atoms with Crippen molar-refractivity contribution in [2.45, 2.75) is 50.7 Å². The molecule has 1 saturated carbocycles. The number of nitrogens with one attached hydrogen (secondary N) is 1. The second kappa shape index (κ2) is 11.1. The number of hydrogen-bond donors (Lipinski definition) is 3. The molecular formula is C28H28ClN5O4. The van der Waals surface area contributed by atoms with Gasteiger partial charge in [0, 0.05) is 16.8 Å². The zero-order valence-electron chi connectivity index (χ0n) is 20.6. The normalized spacial score (nSPS) is 14.8. The zero-order chi connectivity index (χ0) is 26.6. The molecule has 1 fully saturated rings. The van der Waals surface area contributed by atoms with Crippen LogP contribution in [0.1, 0.15) is 43.7 Å². The fourth-order valence-corrected chi connectivity index (χ4v) is 5.06. The number of nitrogens with zero attached hydrogens (tertiary/aromatic N) is 4. The molecule has 3 N–H and O–H groups in total. The quantitative estimate of drug-likeness (QED) is 0.296. The molecule has 5 rings (SSSR count). The topological polar surface area (TPSA) is 121 Å². The molecule has 0 unspecified atom stereocenters. The van der Waals surface area contributed by atoms with Crippen LogP contribution in [0.4, 0.5) is 5.69 Å². The van der Waals surface area contributed by atoms with Crippen LogP contribution in [-0.2, 0) is 16.1 Å². The van der Waals surface area contributed by atoms with E-state index in [1.54, 1.807) is 30.3 Å². The van der Waals surface area contributed by atoms with E-state index in [0.717, 1.165) is 32.1 Å². The van der Waals surface area contributed by atoms with E-state index >= 15 is 0 Å². The van der Waals surface area contributed by atoms with E-state index in [0.29, 0.717) is 27.3 Å². The van der Waals surface area contributed by atoms with Crippen LogP contribution in [0.2, 0.25) is 5.02 Å². The number of aromatic nitrogens is 3. The van der Waals surface area contributed by atoms with Gasteiger partial charge in [-0.1, -0.05) is 54.3 Å². The Morgan fingerprint density at radius 3 is 2.47 bits per heavy atom. The molecule has 0 bridgehead atoms. The highest BCUT2D eigenvalue weighted by Gasteiger charge is 2.35. The number of anilines is 1. The van der Waals surface area contributed by atoms with E-state index in [9.17, 15) is 19.8 Å². The first-order valence-corrected chi connectivity index (χ1v) is 13.0. The number of carbonyl (C=O) groups is 2. The zero-order valence-corrected chi connectivity index (χ0v) is 21.4. The van der Waals surface area contributed by atoms with E-state index < -0.39 is 11.9 Å². The molecule has 2 amide bonds. The summed E-state index contributed by atoms with van der Waals surface area (Å²) >= 11 is 6.14. The molecule has 0 aliphatic heterocycles. The lowest BCUT2D eigenvalue weighted by Crippen LogP contribution is -2.48. The third-order valence-corrected chi connectivity index (χ3v) is 7.10. The Balaban J connectivity index is 1.57. The van der Waals surface area contributed by atoms with Gasteiger partial charge in [-0.05, 0) is 66.9 Å². The standard InChI is InChI=1S/C28H28ClN5O4/c29-19-11-13-21(14-12-19)34(26(37)17-33-23-9-5-4-8-22(23)31-32-33)27(18-10-15-24(35)25(36)16-18)28(38)30-20-6-2-1-3-7-20/h4-5,8-16,20,27,35-36H,1-3,6-7,17H2,(H,30,38)/t27-/m1/s1. The van der Waals surface area contributed by atoms with Gasteiger partial charge in [0.1, 0.15) is 18.1 Å². The van der Waals surface area contributed by atoms with Crippen LogP contribution in [0.25, 0.3) is 11.0 Å². The van der Waals surface area contributed by atoms with Gasteiger partial charge < -0.3 is 15.5 Å². The summed E-state index contributed by atoms with van der Waals surface area (Å²) in [7, 11) is 0. The number of carbonyl (C=O) groups excluding carboxylic acids is 2. The van der Waals surface area contributed by atoms with Crippen LogP contribution in [-0.4, -0.2) is 43.1 Å². The lowest BCUT2D eigenvalue weighted by atomic mass is 9.94. The van der Waals surface area contributed by atoms with Gasteiger partial charge in [0.25, 0.3) is 0 Å². The summed E-state index contributed by atoms with van der Waals surface area (Å²) in [4.78, 5) is 29.3. The minimum Gasteiger partial charge on any atom is -0.504 e. The van der Waals surface area contributed by atoms with Crippen molar-refractivity contribution in [3.63, 3.8) is 0 Å². The van der Waals surface area contributed by atoms with Crippen molar-refractivity contribution in [1.82, 2.24) is 20.3 Å². The first kappa shape index (κ1) is 25.5. The number of phenolic OH excluding ortho intramolecular Hbond substituents is 2. The van der Waals surface area contributed by atoms with Crippen LogP contribution in [0.15, 0.2) is 66.7 Å². The molecule has 1 aliphatic rings. The molecule has 1 atom stereocenters. The van der Waals surface area contributed by atoms with E-state index in [1.807, 2.05) is 18.2 Å². The molecule has 1 aromatic heterocycles. The van der Waals surface area contributed by atoms with Gasteiger partial charge in [-0.25, -0.2) is 4.68 Å². The summed E-state index contributed by atoms with van der Waals surface area (Å²) in [5, 5.41) is 32.1. The molecular weight excluding hydrogens is 506 g/mol. The SMILES string of the molecule is O=C(NC1CCCCC1)[C@@H](c1ccc(O)c(O)c1)N(C(=O)Cn1nnc2ccccc21)c1ccc(Cl)cc1. The maximum absolute atomic E-state index is 14.0. The van der Waals surface area contributed by atoms with Crippen molar-refractivity contribution in [3.8, 4) is 11.5 Å². The minimum absolute atomic E-state index is 0.00843. The maximum Gasteiger partial charge on any atom is 0.249 e. The Bertz CT molecular complexity index is 1450. The highest BCUT2D eigenvalue weighted by atomic mass is 35.5. The van der Waals surface area contributed by atoms with E-state index in [1.165, 1.54) is 27.8 Å². The lowest BCUT2D eigenvalue weighted by Gasteiger charge is -2.33. The Hall–Kier alpha value is -4.11. The molecule has 9 nitrogen and oxygen atoms in total. The van der Waals surface area contributed by atoms with Crippen molar-refractivity contribution >= 4 is 40.1 Å². The predicted octanol–water partition coefficient (Wildman–Crippen LogP) is 4.72. The van der Waals surface area contributed by atoms with Crippen LogP contribution in [0, 0.1) is 0 Å². The van der Waals surface area contributed by atoms with Crippen molar-refractivity contribution in [2.75, 3.05) is 4.90 Å². The molecule has 0 saturated heterocycles. The molecule has 38 heavy (non-hydrogen) atoms. The highest BCUT2D eigenvalue weighted by Crippen LogP contribution is 2.34. The van der Waals surface area contributed by atoms with Crippen LogP contribution in [0.5, 0.6) is 11.5 Å².